The molecule has 270 valence electrons. The molecule has 0 saturated heterocycles. The summed E-state index contributed by atoms with van der Waals surface area (Å²) >= 11 is 0. The van der Waals surface area contributed by atoms with Crippen LogP contribution in [0.25, 0.3) is 44.7 Å². The molecule has 0 saturated carbocycles. The van der Waals surface area contributed by atoms with E-state index in [1.165, 1.54) is 72.0 Å². The van der Waals surface area contributed by atoms with Crippen molar-refractivity contribution in [2.75, 3.05) is 7.05 Å². The van der Waals surface area contributed by atoms with Gasteiger partial charge in [0.2, 0.25) is 0 Å². The van der Waals surface area contributed by atoms with E-state index in [1.807, 2.05) is 31.5 Å². The molecule has 1 N–H and O–H groups in total. The summed E-state index contributed by atoms with van der Waals surface area (Å²) in [5.41, 5.74) is 14.4. The molecular weight excluding hydrogens is 675 g/mol. The third-order valence-corrected chi connectivity index (χ3v) is 10.8. The van der Waals surface area contributed by atoms with Gasteiger partial charge in [0.1, 0.15) is 0 Å². The van der Waals surface area contributed by atoms with Gasteiger partial charge in [-0.1, -0.05) is 201 Å². The zero-order valence-electron chi connectivity index (χ0n) is 31.8. The van der Waals surface area contributed by atoms with E-state index in [-0.39, 0.29) is 0 Å². The Bertz CT molecular complexity index is 2640. The molecule has 0 bridgehead atoms. The minimum atomic E-state index is -0.547. The lowest BCUT2D eigenvalue weighted by atomic mass is 9.64. The first-order chi connectivity index (χ1) is 27.7. The number of allylic oxidation sites excluding steroid dienone is 15. The fraction of sp³-hybridized carbons (Fsp3) is 0.0545. The second-order valence-corrected chi connectivity index (χ2v) is 14.1. The van der Waals surface area contributed by atoms with Crippen molar-refractivity contribution in [3.05, 3.63) is 264 Å². The van der Waals surface area contributed by atoms with Crippen molar-refractivity contribution in [3.8, 4) is 22.3 Å². The fourth-order valence-electron chi connectivity index (χ4n) is 8.18. The van der Waals surface area contributed by atoms with E-state index in [9.17, 15) is 0 Å². The summed E-state index contributed by atoms with van der Waals surface area (Å²) in [6, 6.07) is 49.1. The SMILES string of the molecule is C=C\C=C/C=C\C=C1\C=C/C=C\c2ccccc2C12c1cc(-c3ccc(C/C=C/C=C(\C=C/NC)c4ccccc4)cc3)ccc1-c1cc3ccccc3cc12. The average molecular weight is 720 g/mol. The molecule has 0 heterocycles. The zero-order chi connectivity index (χ0) is 38.2. The van der Waals surface area contributed by atoms with Crippen molar-refractivity contribution in [2.24, 2.45) is 0 Å². The molecule has 0 radical (unpaired) electrons. The summed E-state index contributed by atoms with van der Waals surface area (Å²) in [6.45, 7) is 3.84. The van der Waals surface area contributed by atoms with Gasteiger partial charge in [0.05, 0.1) is 5.41 Å². The molecule has 6 aromatic carbocycles. The smallest absolute Gasteiger partial charge is 0.0719 e. The highest BCUT2D eigenvalue weighted by molar-refractivity contribution is 5.97. The summed E-state index contributed by atoms with van der Waals surface area (Å²) < 4.78 is 0. The van der Waals surface area contributed by atoms with E-state index in [1.54, 1.807) is 6.08 Å². The van der Waals surface area contributed by atoms with Gasteiger partial charge in [0.25, 0.3) is 0 Å². The van der Waals surface area contributed by atoms with Crippen LogP contribution in [0.3, 0.4) is 0 Å². The van der Waals surface area contributed by atoms with E-state index in [0.717, 1.165) is 12.0 Å². The minimum absolute atomic E-state index is 0.547. The van der Waals surface area contributed by atoms with Gasteiger partial charge in [-0.05, 0) is 114 Å². The molecule has 6 aromatic rings. The molecule has 0 fully saturated rings. The Balaban J connectivity index is 1.22. The highest BCUT2D eigenvalue weighted by Gasteiger charge is 2.48. The monoisotopic (exact) mass is 719 g/mol. The Morgan fingerprint density at radius 2 is 1.34 bits per heavy atom. The topological polar surface area (TPSA) is 12.0 Å². The van der Waals surface area contributed by atoms with E-state index in [0.29, 0.717) is 0 Å². The van der Waals surface area contributed by atoms with Crippen molar-refractivity contribution < 1.29 is 0 Å². The lowest BCUT2D eigenvalue weighted by Crippen LogP contribution is -2.30. The van der Waals surface area contributed by atoms with Crippen molar-refractivity contribution in [3.63, 3.8) is 0 Å². The number of rotatable bonds is 10. The molecule has 1 nitrogen and oxygen atoms in total. The molecule has 1 spiro atoms. The van der Waals surface area contributed by atoms with Crippen LogP contribution in [0, 0.1) is 0 Å². The van der Waals surface area contributed by atoms with Gasteiger partial charge >= 0.3 is 0 Å². The van der Waals surface area contributed by atoms with E-state index in [4.69, 9.17) is 0 Å². The van der Waals surface area contributed by atoms with Gasteiger partial charge < -0.3 is 5.32 Å². The molecule has 2 aliphatic rings. The van der Waals surface area contributed by atoms with Gasteiger partial charge in [-0.15, -0.1) is 0 Å². The first kappa shape index (κ1) is 36.0. The molecule has 1 heteroatoms. The Kier molecular flexibility index (Phi) is 10.7. The van der Waals surface area contributed by atoms with Gasteiger partial charge in [-0.25, -0.2) is 0 Å². The summed E-state index contributed by atoms with van der Waals surface area (Å²) in [5, 5.41) is 5.60. The maximum atomic E-state index is 3.84. The number of nitrogens with one attached hydrogen (secondary N) is 1. The molecule has 2 aliphatic carbocycles. The van der Waals surface area contributed by atoms with Crippen molar-refractivity contribution >= 4 is 22.4 Å². The summed E-state index contributed by atoms with van der Waals surface area (Å²) in [7, 11) is 1.92. The third kappa shape index (κ3) is 7.04. The Morgan fingerprint density at radius 3 is 2.16 bits per heavy atom. The Labute approximate surface area is 331 Å². The van der Waals surface area contributed by atoms with Crippen LogP contribution in [0.15, 0.2) is 231 Å². The van der Waals surface area contributed by atoms with Crippen LogP contribution in [0.1, 0.15) is 33.4 Å². The van der Waals surface area contributed by atoms with Crippen molar-refractivity contribution in [2.45, 2.75) is 11.8 Å². The third-order valence-electron chi connectivity index (χ3n) is 10.8. The van der Waals surface area contributed by atoms with Crippen molar-refractivity contribution in [1.29, 1.82) is 0 Å². The number of benzene rings is 6. The lowest BCUT2D eigenvalue weighted by molar-refractivity contribution is 0.765. The number of fused-ring (bicyclic) bond motifs is 8. The predicted molar refractivity (Wildman–Crippen MR) is 241 cm³/mol. The minimum Gasteiger partial charge on any atom is -0.394 e. The molecule has 0 amide bonds. The van der Waals surface area contributed by atoms with Gasteiger partial charge in [-0.2, -0.15) is 0 Å². The van der Waals surface area contributed by atoms with E-state index in [2.05, 4.69) is 206 Å². The first-order valence-electron chi connectivity index (χ1n) is 19.3. The average Bonchev–Trinajstić information content (AvgIpc) is 3.52. The maximum absolute atomic E-state index is 3.84. The van der Waals surface area contributed by atoms with Crippen LogP contribution in [0.2, 0.25) is 0 Å². The molecular formula is C55H45N. The van der Waals surface area contributed by atoms with Crippen LogP contribution in [0.4, 0.5) is 0 Å². The second-order valence-electron chi connectivity index (χ2n) is 14.1. The Hall–Kier alpha value is -6.96. The van der Waals surface area contributed by atoms with Gasteiger partial charge in [0, 0.05) is 7.05 Å². The fourth-order valence-corrected chi connectivity index (χ4v) is 8.18. The van der Waals surface area contributed by atoms with Crippen LogP contribution in [-0.4, -0.2) is 7.05 Å². The van der Waals surface area contributed by atoms with Gasteiger partial charge in [0.15, 0.2) is 0 Å². The number of hydrogen-bond acceptors (Lipinski definition) is 1. The van der Waals surface area contributed by atoms with Gasteiger partial charge in [-0.3, -0.25) is 0 Å². The quantitative estimate of drug-likeness (QED) is 0.139. The van der Waals surface area contributed by atoms with E-state index < -0.39 is 5.41 Å². The van der Waals surface area contributed by atoms with Crippen LogP contribution in [0.5, 0.6) is 0 Å². The molecule has 8 rings (SSSR count). The highest BCUT2D eigenvalue weighted by Crippen LogP contribution is 2.59. The summed E-state index contributed by atoms with van der Waals surface area (Å²) in [5.74, 6) is 0. The highest BCUT2D eigenvalue weighted by atomic mass is 14.8. The largest absolute Gasteiger partial charge is 0.394 e. The Morgan fingerprint density at radius 1 is 0.625 bits per heavy atom. The maximum Gasteiger partial charge on any atom is 0.0719 e. The lowest BCUT2D eigenvalue weighted by Gasteiger charge is -2.36. The first-order valence-corrected chi connectivity index (χ1v) is 19.3. The zero-order valence-corrected chi connectivity index (χ0v) is 31.8. The molecule has 1 unspecified atom stereocenters. The normalized spacial score (nSPS) is 18.1. The standard InChI is InChI=1S/C55H45N/c1-3-4-5-6-10-27-49-28-17-15-23-45-24-16-18-29-52(45)55(49)53-40-48(34-35-50(53)51-38-46-25-13-14-26-47(46)39-54(51)55)44-32-30-41(31-33-44)19-11-12-22-43(36-37-56-2)42-20-8-7-9-21-42/h3-18,20-40,56H,1,19H2,2H3/b5-4-,10-6-,12-11+,23-15-,28-17-,37-36-,43-22+,49-27-. The van der Waals surface area contributed by atoms with E-state index >= 15 is 0 Å². The molecule has 1 atom stereocenters. The van der Waals surface area contributed by atoms with Crippen LogP contribution >= 0.6 is 0 Å². The second kappa shape index (κ2) is 16.6. The molecule has 0 aromatic heterocycles. The van der Waals surface area contributed by atoms with Crippen LogP contribution < -0.4 is 5.32 Å². The molecule has 0 aliphatic heterocycles. The number of hydrogen-bond donors (Lipinski definition) is 1. The van der Waals surface area contributed by atoms with Crippen molar-refractivity contribution in [1.82, 2.24) is 5.32 Å². The molecule has 56 heavy (non-hydrogen) atoms. The predicted octanol–water partition coefficient (Wildman–Crippen LogP) is 13.5. The summed E-state index contributed by atoms with van der Waals surface area (Å²) in [4.78, 5) is 0. The van der Waals surface area contributed by atoms with Crippen LogP contribution in [-0.2, 0) is 11.8 Å². The summed E-state index contributed by atoms with van der Waals surface area (Å²) in [6.07, 6.45) is 32.7.